The standard InChI is InChI=1S/C18H30ClN3O2/c1-5-20-18(24)17-16(12(3)22(4)21-17)15(23)10-13-6-7-14(19)9-11(2)8-13/h11,13-15,23H,5-10H2,1-4H3,(H,20,24). The molecule has 1 saturated carbocycles. The molecule has 0 aliphatic heterocycles. The quantitative estimate of drug-likeness (QED) is 0.628. The Balaban J connectivity index is 2.17. The van der Waals surface area contributed by atoms with E-state index in [4.69, 9.17) is 11.6 Å². The van der Waals surface area contributed by atoms with Gasteiger partial charge in [-0.1, -0.05) is 6.92 Å². The lowest BCUT2D eigenvalue weighted by Crippen LogP contribution is -2.25. The molecule has 1 amide bonds. The largest absolute Gasteiger partial charge is 0.388 e. The number of rotatable bonds is 5. The molecule has 5 nitrogen and oxygen atoms in total. The molecule has 1 aliphatic carbocycles. The predicted molar refractivity (Wildman–Crippen MR) is 96.3 cm³/mol. The summed E-state index contributed by atoms with van der Waals surface area (Å²) in [5, 5.41) is 18.2. The summed E-state index contributed by atoms with van der Waals surface area (Å²) >= 11 is 6.34. The van der Waals surface area contributed by atoms with Crippen molar-refractivity contribution in [3.8, 4) is 0 Å². The molecule has 6 heteroatoms. The number of halogens is 1. The Kier molecular flexibility index (Phi) is 6.70. The van der Waals surface area contributed by atoms with Crippen molar-refractivity contribution in [2.24, 2.45) is 18.9 Å². The molecular formula is C18H30ClN3O2. The van der Waals surface area contributed by atoms with Crippen LogP contribution in [0, 0.1) is 18.8 Å². The summed E-state index contributed by atoms with van der Waals surface area (Å²) < 4.78 is 1.67. The molecule has 4 unspecified atom stereocenters. The molecule has 136 valence electrons. The van der Waals surface area contributed by atoms with Crippen LogP contribution in [0.3, 0.4) is 0 Å². The smallest absolute Gasteiger partial charge is 0.272 e. The zero-order valence-electron chi connectivity index (χ0n) is 15.2. The molecule has 4 atom stereocenters. The molecular weight excluding hydrogens is 326 g/mol. The van der Waals surface area contributed by atoms with Gasteiger partial charge in [0.15, 0.2) is 5.69 Å². The molecule has 1 aliphatic rings. The van der Waals surface area contributed by atoms with E-state index < -0.39 is 6.10 Å². The fraction of sp³-hybridized carbons (Fsp3) is 0.778. The number of alkyl halides is 1. The molecule has 24 heavy (non-hydrogen) atoms. The van der Waals surface area contributed by atoms with Crippen molar-refractivity contribution in [2.45, 2.75) is 64.4 Å². The van der Waals surface area contributed by atoms with Gasteiger partial charge >= 0.3 is 0 Å². The van der Waals surface area contributed by atoms with Gasteiger partial charge in [-0.05, 0) is 57.8 Å². The second-order valence-electron chi connectivity index (χ2n) is 7.20. The highest BCUT2D eigenvalue weighted by Crippen LogP contribution is 2.36. The summed E-state index contributed by atoms with van der Waals surface area (Å²) in [6, 6.07) is 0. The Morgan fingerprint density at radius 1 is 1.46 bits per heavy atom. The molecule has 1 aromatic rings. The van der Waals surface area contributed by atoms with Gasteiger partial charge in [0.25, 0.3) is 5.91 Å². The monoisotopic (exact) mass is 355 g/mol. The van der Waals surface area contributed by atoms with E-state index in [1.54, 1.807) is 11.7 Å². The maximum atomic E-state index is 12.3. The van der Waals surface area contributed by atoms with Gasteiger partial charge in [0.05, 0.1) is 6.10 Å². The van der Waals surface area contributed by atoms with E-state index in [0.29, 0.717) is 36.1 Å². The average Bonchev–Trinajstić information content (AvgIpc) is 2.70. The van der Waals surface area contributed by atoms with Crippen LogP contribution in [-0.4, -0.2) is 32.7 Å². The van der Waals surface area contributed by atoms with E-state index in [9.17, 15) is 9.90 Å². The highest BCUT2D eigenvalue weighted by Gasteiger charge is 2.29. The average molecular weight is 356 g/mol. The molecule has 1 fully saturated rings. The second kappa shape index (κ2) is 8.34. The molecule has 0 spiro atoms. The van der Waals surface area contributed by atoms with Crippen LogP contribution in [0.25, 0.3) is 0 Å². The molecule has 1 aromatic heterocycles. The van der Waals surface area contributed by atoms with Gasteiger partial charge in [0.2, 0.25) is 0 Å². The minimum atomic E-state index is -0.666. The van der Waals surface area contributed by atoms with Crippen molar-refractivity contribution in [3.05, 3.63) is 17.0 Å². The first-order valence-electron chi connectivity index (χ1n) is 8.97. The van der Waals surface area contributed by atoms with Gasteiger partial charge in [0, 0.05) is 30.2 Å². The van der Waals surface area contributed by atoms with E-state index in [0.717, 1.165) is 31.4 Å². The van der Waals surface area contributed by atoms with Gasteiger partial charge < -0.3 is 10.4 Å². The molecule has 0 radical (unpaired) electrons. The number of carbonyl (C=O) groups is 1. The number of nitrogens with one attached hydrogen (secondary N) is 1. The Labute approximate surface area is 149 Å². The number of hydrogen-bond acceptors (Lipinski definition) is 3. The van der Waals surface area contributed by atoms with Gasteiger partial charge in [-0.2, -0.15) is 5.10 Å². The summed E-state index contributed by atoms with van der Waals surface area (Å²) in [5.41, 5.74) is 1.87. The van der Waals surface area contributed by atoms with Crippen molar-refractivity contribution in [3.63, 3.8) is 0 Å². The van der Waals surface area contributed by atoms with Crippen molar-refractivity contribution >= 4 is 17.5 Å². The third-order valence-electron chi connectivity index (χ3n) is 5.10. The van der Waals surface area contributed by atoms with Crippen LogP contribution in [0.4, 0.5) is 0 Å². The highest BCUT2D eigenvalue weighted by atomic mass is 35.5. The number of hydrogen-bond donors (Lipinski definition) is 2. The van der Waals surface area contributed by atoms with Crippen molar-refractivity contribution in [1.29, 1.82) is 0 Å². The van der Waals surface area contributed by atoms with E-state index in [-0.39, 0.29) is 11.3 Å². The topological polar surface area (TPSA) is 67.2 Å². The highest BCUT2D eigenvalue weighted by molar-refractivity contribution is 6.20. The van der Waals surface area contributed by atoms with Gasteiger partial charge in [-0.3, -0.25) is 9.48 Å². The minimum absolute atomic E-state index is 0.217. The summed E-state index contributed by atoms with van der Waals surface area (Å²) in [5.74, 6) is 0.788. The minimum Gasteiger partial charge on any atom is -0.388 e. The number of carbonyl (C=O) groups excluding carboxylic acids is 1. The summed E-state index contributed by atoms with van der Waals surface area (Å²) in [4.78, 5) is 12.3. The van der Waals surface area contributed by atoms with Crippen molar-refractivity contribution in [1.82, 2.24) is 15.1 Å². The third-order valence-corrected chi connectivity index (χ3v) is 5.50. The van der Waals surface area contributed by atoms with Crippen LogP contribution in [0.2, 0.25) is 0 Å². The summed E-state index contributed by atoms with van der Waals surface area (Å²) in [6.45, 7) is 6.55. The number of aliphatic hydroxyl groups excluding tert-OH is 1. The van der Waals surface area contributed by atoms with Gasteiger partial charge in [-0.25, -0.2) is 0 Å². The second-order valence-corrected chi connectivity index (χ2v) is 7.82. The Bertz CT molecular complexity index is 573. The van der Waals surface area contributed by atoms with Crippen LogP contribution >= 0.6 is 11.6 Å². The molecule has 2 rings (SSSR count). The van der Waals surface area contributed by atoms with Crippen LogP contribution in [0.5, 0.6) is 0 Å². The first-order chi connectivity index (χ1) is 11.3. The van der Waals surface area contributed by atoms with Gasteiger partial charge in [0.1, 0.15) is 0 Å². The maximum absolute atomic E-state index is 12.3. The Morgan fingerprint density at radius 2 is 2.17 bits per heavy atom. The van der Waals surface area contributed by atoms with Crippen LogP contribution in [-0.2, 0) is 7.05 Å². The fourth-order valence-electron chi connectivity index (χ4n) is 3.84. The Hall–Kier alpha value is -1.07. The lowest BCUT2D eigenvalue weighted by atomic mass is 9.87. The fourth-order valence-corrected chi connectivity index (χ4v) is 4.27. The number of aromatic nitrogens is 2. The third kappa shape index (κ3) is 4.51. The molecule has 2 N–H and O–H groups in total. The molecule has 0 saturated heterocycles. The van der Waals surface area contributed by atoms with E-state index in [1.807, 2.05) is 13.8 Å². The molecule has 1 heterocycles. The zero-order valence-corrected chi connectivity index (χ0v) is 15.9. The first kappa shape index (κ1) is 19.3. The lowest BCUT2D eigenvalue weighted by molar-refractivity contribution is 0.0935. The summed E-state index contributed by atoms with van der Waals surface area (Å²) in [7, 11) is 1.81. The Morgan fingerprint density at radius 3 is 2.83 bits per heavy atom. The van der Waals surface area contributed by atoms with Crippen LogP contribution in [0.15, 0.2) is 0 Å². The van der Waals surface area contributed by atoms with E-state index in [1.165, 1.54) is 0 Å². The predicted octanol–water partition coefficient (Wildman–Crippen LogP) is 3.34. The zero-order chi connectivity index (χ0) is 17.9. The van der Waals surface area contributed by atoms with Crippen LogP contribution < -0.4 is 5.32 Å². The SMILES string of the molecule is CCNC(=O)c1nn(C)c(C)c1C(O)CC1CCC(Cl)CC(C)C1. The lowest BCUT2D eigenvalue weighted by Gasteiger charge is -2.21. The van der Waals surface area contributed by atoms with E-state index >= 15 is 0 Å². The van der Waals surface area contributed by atoms with Crippen LogP contribution in [0.1, 0.15) is 73.8 Å². The number of nitrogens with zero attached hydrogens (tertiary/aromatic N) is 2. The number of amides is 1. The normalized spacial score (nSPS) is 26.0. The van der Waals surface area contributed by atoms with E-state index in [2.05, 4.69) is 17.3 Å². The first-order valence-corrected chi connectivity index (χ1v) is 9.40. The number of aliphatic hydroxyl groups is 1. The van der Waals surface area contributed by atoms with Gasteiger partial charge in [-0.15, -0.1) is 11.6 Å². The van der Waals surface area contributed by atoms with Crippen molar-refractivity contribution < 1.29 is 9.90 Å². The maximum Gasteiger partial charge on any atom is 0.272 e. The summed E-state index contributed by atoms with van der Waals surface area (Å²) in [6.07, 6.45) is 4.15. The number of aryl methyl sites for hydroxylation is 1. The van der Waals surface area contributed by atoms with Crippen molar-refractivity contribution in [2.75, 3.05) is 6.54 Å². The molecule has 0 aromatic carbocycles. The molecule has 0 bridgehead atoms.